The highest BCUT2D eigenvalue weighted by molar-refractivity contribution is 9.10. The minimum absolute atomic E-state index is 0.308. The molecule has 0 saturated carbocycles. The van der Waals surface area contributed by atoms with Gasteiger partial charge >= 0.3 is 0 Å². The molecule has 2 aromatic rings. The fraction of sp³-hybridized carbons (Fsp3) is 0. The van der Waals surface area contributed by atoms with Crippen LogP contribution in [0.3, 0.4) is 0 Å². The van der Waals surface area contributed by atoms with Crippen molar-refractivity contribution < 1.29 is 4.79 Å². The van der Waals surface area contributed by atoms with Crippen LogP contribution in [0.2, 0.25) is 5.02 Å². The molecule has 3 nitrogen and oxygen atoms in total. The highest BCUT2D eigenvalue weighted by Gasteiger charge is 2.09. The van der Waals surface area contributed by atoms with E-state index in [1.165, 1.54) is 6.07 Å². The number of nitrogens with one attached hydrogen (secondary N) is 1. The van der Waals surface area contributed by atoms with Crippen LogP contribution in [0.1, 0.15) is 15.9 Å². The number of hydrogen-bond donors (Lipinski definition) is 1. The van der Waals surface area contributed by atoms with Crippen LogP contribution in [0.5, 0.6) is 0 Å². The van der Waals surface area contributed by atoms with Gasteiger partial charge < -0.3 is 5.32 Å². The van der Waals surface area contributed by atoms with E-state index in [2.05, 4.69) is 21.2 Å². The molecule has 0 unspecified atom stereocenters. The first-order chi connectivity index (χ1) is 9.10. The van der Waals surface area contributed by atoms with Gasteiger partial charge in [-0.2, -0.15) is 5.26 Å². The summed E-state index contributed by atoms with van der Waals surface area (Å²) in [5.74, 6) is -0.308. The lowest BCUT2D eigenvalue weighted by Gasteiger charge is -2.07. The minimum Gasteiger partial charge on any atom is -0.321 e. The molecule has 0 aliphatic rings. The molecule has 2 rings (SSSR count). The van der Waals surface area contributed by atoms with Crippen LogP contribution < -0.4 is 5.32 Å². The summed E-state index contributed by atoms with van der Waals surface area (Å²) in [4.78, 5) is 12.1. The molecule has 5 heteroatoms. The molecule has 2 aromatic carbocycles. The molecule has 0 bridgehead atoms. The molecule has 0 aromatic heterocycles. The molecule has 0 spiro atoms. The molecule has 1 N–H and O–H groups in total. The standard InChI is InChI=1S/C14H8BrClN2O/c15-11-4-5-12(16)13(7-11)18-14(19)10-3-1-2-9(6-10)8-17/h1-7H,(H,18,19). The maximum atomic E-state index is 12.1. The number of nitriles is 1. The Bertz CT molecular complexity index is 679. The third kappa shape index (κ3) is 3.34. The molecule has 0 atom stereocenters. The zero-order valence-corrected chi connectivity index (χ0v) is 12.0. The van der Waals surface area contributed by atoms with Crippen molar-refractivity contribution in [3.8, 4) is 6.07 Å². The fourth-order valence-electron chi connectivity index (χ4n) is 1.52. The van der Waals surface area contributed by atoms with Gasteiger partial charge in [0.05, 0.1) is 22.3 Å². The highest BCUT2D eigenvalue weighted by Crippen LogP contribution is 2.26. The van der Waals surface area contributed by atoms with E-state index in [1.54, 1.807) is 36.4 Å². The van der Waals surface area contributed by atoms with Gasteiger partial charge in [0.2, 0.25) is 0 Å². The fourth-order valence-corrected chi connectivity index (χ4v) is 2.04. The lowest BCUT2D eigenvalue weighted by Crippen LogP contribution is -2.12. The molecule has 0 aliphatic carbocycles. The molecule has 19 heavy (non-hydrogen) atoms. The molecule has 94 valence electrons. The van der Waals surface area contributed by atoms with Gasteiger partial charge in [-0.05, 0) is 36.4 Å². The second-order valence-corrected chi connectivity index (χ2v) is 5.09. The summed E-state index contributed by atoms with van der Waals surface area (Å²) >= 11 is 9.31. The number of rotatable bonds is 2. The Morgan fingerprint density at radius 1 is 1.26 bits per heavy atom. The number of anilines is 1. The predicted octanol–water partition coefficient (Wildman–Crippen LogP) is 4.23. The second-order valence-electron chi connectivity index (χ2n) is 3.77. The monoisotopic (exact) mass is 334 g/mol. The highest BCUT2D eigenvalue weighted by atomic mass is 79.9. The topological polar surface area (TPSA) is 52.9 Å². The molecule has 0 aliphatic heterocycles. The van der Waals surface area contributed by atoms with Crippen molar-refractivity contribution in [2.45, 2.75) is 0 Å². The molecule has 0 saturated heterocycles. The number of amides is 1. The molecule has 1 amide bonds. The van der Waals surface area contributed by atoms with E-state index in [9.17, 15) is 4.79 Å². The van der Waals surface area contributed by atoms with Gasteiger partial charge in [0.25, 0.3) is 5.91 Å². The van der Waals surface area contributed by atoms with Gasteiger partial charge in [-0.15, -0.1) is 0 Å². The van der Waals surface area contributed by atoms with E-state index in [0.717, 1.165) is 4.47 Å². The number of halogens is 2. The summed E-state index contributed by atoms with van der Waals surface area (Å²) < 4.78 is 0.818. The van der Waals surface area contributed by atoms with Crippen LogP contribution in [-0.4, -0.2) is 5.91 Å². The third-order valence-corrected chi connectivity index (χ3v) is 3.25. The largest absolute Gasteiger partial charge is 0.321 e. The number of carbonyl (C=O) groups is 1. The van der Waals surface area contributed by atoms with Crippen molar-refractivity contribution in [3.05, 3.63) is 63.1 Å². The lowest BCUT2D eigenvalue weighted by atomic mass is 10.1. The third-order valence-electron chi connectivity index (χ3n) is 2.43. The Hall–Kier alpha value is -1.83. The maximum Gasteiger partial charge on any atom is 0.255 e. The summed E-state index contributed by atoms with van der Waals surface area (Å²) in [7, 11) is 0. The quantitative estimate of drug-likeness (QED) is 0.893. The summed E-state index contributed by atoms with van der Waals surface area (Å²) in [6, 6.07) is 13.7. The van der Waals surface area contributed by atoms with Crippen LogP contribution in [0.4, 0.5) is 5.69 Å². The van der Waals surface area contributed by atoms with Crippen molar-refractivity contribution in [2.24, 2.45) is 0 Å². The second kappa shape index (κ2) is 5.87. The number of benzene rings is 2. The SMILES string of the molecule is N#Cc1cccc(C(=O)Nc2cc(Br)ccc2Cl)c1. The van der Waals surface area contributed by atoms with E-state index in [1.807, 2.05) is 6.07 Å². The van der Waals surface area contributed by atoms with Gasteiger partial charge in [-0.25, -0.2) is 0 Å². The summed E-state index contributed by atoms with van der Waals surface area (Å²) in [5.41, 5.74) is 1.37. The maximum absolute atomic E-state index is 12.1. The minimum atomic E-state index is -0.308. The molecular weight excluding hydrogens is 328 g/mol. The van der Waals surface area contributed by atoms with E-state index in [4.69, 9.17) is 16.9 Å². The molecule has 0 fully saturated rings. The number of carbonyl (C=O) groups excluding carboxylic acids is 1. The van der Waals surface area contributed by atoms with Crippen LogP contribution in [0.25, 0.3) is 0 Å². The van der Waals surface area contributed by atoms with E-state index >= 15 is 0 Å². The van der Waals surface area contributed by atoms with Gasteiger partial charge in [0, 0.05) is 10.0 Å². The van der Waals surface area contributed by atoms with E-state index in [-0.39, 0.29) is 5.91 Å². The average Bonchev–Trinajstić information content (AvgIpc) is 2.43. The zero-order valence-electron chi connectivity index (χ0n) is 9.65. The summed E-state index contributed by atoms with van der Waals surface area (Å²) in [6.45, 7) is 0. The zero-order chi connectivity index (χ0) is 13.8. The summed E-state index contributed by atoms with van der Waals surface area (Å²) in [6.07, 6.45) is 0. The normalized spacial score (nSPS) is 9.74. The molecule has 0 radical (unpaired) electrons. The summed E-state index contributed by atoms with van der Waals surface area (Å²) in [5, 5.41) is 12.0. The number of nitrogens with zero attached hydrogens (tertiary/aromatic N) is 1. The van der Waals surface area contributed by atoms with Gasteiger partial charge in [0.1, 0.15) is 0 Å². The van der Waals surface area contributed by atoms with Crippen LogP contribution in [0, 0.1) is 11.3 Å². The van der Waals surface area contributed by atoms with E-state index < -0.39 is 0 Å². The molecule has 0 heterocycles. The van der Waals surface area contributed by atoms with Crippen molar-refractivity contribution >= 4 is 39.1 Å². The van der Waals surface area contributed by atoms with Crippen LogP contribution >= 0.6 is 27.5 Å². The van der Waals surface area contributed by atoms with Crippen molar-refractivity contribution in [2.75, 3.05) is 5.32 Å². The van der Waals surface area contributed by atoms with Crippen molar-refractivity contribution in [1.82, 2.24) is 0 Å². The van der Waals surface area contributed by atoms with Crippen LogP contribution in [-0.2, 0) is 0 Å². The van der Waals surface area contributed by atoms with Gasteiger partial charge in [-0.3, -0.25) is 4.79 Å². The Kier molecular flexibility index (Phi) is 4.20. The van der Waals surface area contributed by atoms with Crippen LogP contribution in [0.15, 0.2) is 46.9 Å². The number of hydrogen-bond acceptors (Lipinski definition) is 2. The van der Waals surface area contributed by atoms with Crippen molar-refractivity contribution in [1.29, 1.82) is 5.26 Å². The Labute approximate surface area is 123 Å². The smallest absolute Gasteiger partial charge is 0.255 e. The van der Waals surface area contributed by atoms with E-state index in [0.29, 0.717) is 21.8 Å². The van der Waals surface area contributed by atoms with Crippen molar-refractivity contribution in [3.63, 3.8) is 0 Å². The first kappa shape index (κ1) is 13.6. The molecular formula is C14H8BrClN2O. The Balaban J connectivity index is 2.26. The predicted molar refractivity (Wildman–Crippen MR) is 78.3 cm³/mol. The first-order valence-corrected chi connectivity index (χ1v) is 6.54. The first-order valence-electron chi connectivity index (χ1n) is 5.37. The van der Waals surface area contributed by atoms with Gasteiger partial charge in [0.15, 0.2) is 0 Å². The van der Waals surface area contributed by atoms with Gasteiger partial charge in [-0.1, -0.05) is 33.6 Å². The average molecular weight is 336 g/mol. The Morgan fingerprint density at radius 3 is 2.79 bits per heavy atom. The Morgan fingerprint density at radius 2 is 2.05 bits per heavy atom. The lowest BCUT2D eigenvalue weighted by molar-refractivity contribution is 0.102.